The second-order valence-electron chi connectivity index (χ2n) is 8.64. The number of methoxy groups -OCH3 is 1. The zero-order chi connectivity index (χ0) is 23.3. The Morgan fingerprint density at radius 1 is 1.00 bits per heavy atom. The number of ether oxygens (including phenoxy) is 1. The summed E-state index contributed by atoms with van der Waals surface area (Å²) in [6, 6.07) is 12.4. The molecule has 0 radical (unpaired) electrons. The highest BCUT2D eigenvalue weighted by atomic mass is 32.2. The van der Waals surface area contributed by atoms with Crippen molar-refractivity contribution in [2.75, 3.05) is 35.1 Å². The van der Waals surface area contributed by atoms with Crippen LogP contribution < -0.4 is 25.0 Å². The van der Waals surface area contributed by atoms with E-state index in [1.54, 1.807) is 43.5 Å². The van der Waals surface area contributed by atoms with Crippen LogP contribution in [0.5, 0.6) is 5.75 Å². The first-order chi connectivity index (χ1) is 15.9. The second-order valence-corrected chi connectivity index (χ2v) is 10.7. The van der Waals surface area contributed by atoms with Crippen molar-refractivity contribution >= 4 is 44.4 Å². The molecule has 1 heterocycles. The number of hydrogen-bond acceptors (Lipinski definition) is 5. The van der Waals surface area contributed by atoms with E-state index in [9.17, 15) is 8.42 Å². The Morgan fingerprint density at radius 3 is 2.36 bits per heavy atom. The van der Waals surface area contributed by atoms with Crippen molar-refractivity contribution in [1.82, 2.24) is 5.32 Å². The molecule has 0 amide bonds. The molecule has 2 aliphatic rings. The maximum Gasteiger partial charge on any atom is 0.261 e. The predicted octanol–water partition coefficient (Wildman–Crippen LogP) is 4.72. The van der Waals surface area contributed by atoms with Gasteiger partial charge in [0.15, 0.2) is 5.11 Å². The molecule has 2 aromatic carbocycles. The molecule has 0 aromatic heterocycles. The number of sulfonamides is 1. The molecule has 1 saturated carbocycles. The van der Waals surface area contributed by atoms with Gasteiger partial charge in [-0.25, -0.2) is 8.42 Å². The molecule has 3 N–H and O–H groups in total. The molecule has 1 aliphatic heterocycles. The minimum Gasteiger partial charge on any atom is -0.497 e. The maximum atomic E-state index is 13.1. The first-order valence-corrected chi connectivity index (χ1v) is 13.5. The van der Waals surface area contributed by atoms with Crippen LogP contribution in [0.15, 0.2) is 47.4 Å². The number of anilines is 3. The Morgan fingerprint density at radius 2 is 1.70 bits per heavy atom. The van der Waals surface area contributed by atoms with Gasteiger partial charge in [0.25, 0.3) is 10.0 Å². The van der Waals surface area contributed by atoms with Gasteiger partial charge in [0.2, 0.25) is 0 Å². The van der Waals surface area contributed by atoms with Crippen LogP contribution in [0, 0.1) is 0 Å². The van der Waals surface area contributed by atoms with Crippen LogP contribution in [0.1, 0.15) is 44.9 Å². The van der Waals surface area contributed by atoms with Gasteiger partial charge in [-0.1, -0.05) is 19.3 Å². The third-order valence-corrected chi connectivity index (χ3v) is 7.85. The van der Waals surface area contributed by atoms with Gasteiger partial charge in [-0.05, 0) is 80.4 Å². The molecule has 0 unspecified atom stereocenters. The van der Waals surface area contributed by atoms with Crippen LogP contribution in [0.3, 0.4) is 0 Å². The summed E-state index contributed by atoms with van der Waals surface area (Å²) in [6.07, 6.45) is 8.18. The molecule has 178 valence electrons. The summed E-state index contributed by atoms with van der Waals surface area (Å²) in [6.45, 7) is 1.90. The molecule has 0 spiro atoms. The summed E-state index contributed by atoms with van der Waals surface area (Å²) in [5, 5.41) is 7.26. The first-order valence-electron chi connectivity index (χ1n) is 11.6. The van der Waals surface area contributed by atoms with E-state index in [2.05, 4.69) is 20.3 Å². The Balaban J connectivity index is 1.55. The van der Waals surface area contributed by atoms with Gasteiger partial charge < -0.3 is 20.3 Å². The van der Waals surface area contributed by atoms with Crippen molar-refractivity contribution in [3.63, 3.8) is 0 Å². The molecule has 1 aliphatic carbocycles. The van der Waals surface area contributed by atoms with E-state index in [-0.39, 0.29) is 4.90 Å². The molecule has 9 heteroatoms. The number of nitrogens with one attached hydrogen (secondary N) is 3. The summed E-state index contributed by atoms with van der Waals surface area (Å²) in [4.78, 5) is 2.46. The fourth-order valence-electron chi connectivity index (χ4n) is 4.48. The SMILES string of the molecule is COc1ccc(NS(=O)(=O)c2ccc(N3CCCC3)c(NC(=S)NC3CCCCC3)c2)cc1. The van der Waals surface area contributed by atoms with Crippen molar-refractivity contribution in [2.24, 2.45) is 0 Å². The largest absolute Gasteiger partial charge is 0.497 e. The summed E-state index contributed by atoms with van der Waals surface area (Å²) >= 11 is 5.60. The lowest BCUT2D eigenvalue weighted by Gasteiger charge is -2.26. The van der Waals surface area contributed by atoms with Crippen LogP contribution in [-0.4, -0.2) is 39.8 Å². The molecule has 1 saturated heterocycles. The number of thiocarbonyl (C=S) groups is 1. The van der Waals surface area contributed by atoms with Crippen molar-refractivity contribution < 1.29 is 13.2 Å². The molecule has 4 rings (SSSR count). The molecule has 0 bridgehead atoms. The number of nitrogens with zero attached hydrogens (tertiary/aromatic N) is 1. The van der Waals surface area contributed by atoms with Crippen LogP contribution in [0.2, 0.25) is 0 Å². The van der Waals surface area contributed by atoms with Gasteiger partial charge >= 0.3 is 0 Å². The lowest BCUT2D eigenvalue weighted by molar-refractivity contribution is 0.414. The quantitative estimate of drug-likeness (QED) is 0.487. The van der Waals surface area contributed by atoms with E-state index >= 15 is 0 Å². The fraction of sp³-hybridized carbons (Fsp3) is 0.458. The average Bonchev–Trinajstić information content (AvgIpc) is 3.35. The van der Waals surface area contributed by atoms with Gasteiger partial charge in [-0.3, -0.25) is 4.72 Å². The third-order valence-electron chi connectivity index (χ3n) is 6.26. The Labute approximate surface area is 201 Å². The summed E-state index contributed by atoms with van der Waals surface area (Å²) in [5.41, 5.74) is 2.16. The van der Waals surface area contributed by atoms with E-state index < -0.39 is 10.0 Å². The Bertz CT molecular complexity index is 1060. The molecule has 0 atom stereocenters. The second kappa shape index (κ2) is 10.6. The lowest BCUT2D eigenvalue weighted by Crippen LogP contribution is -2.39. The molecular formula is C24H32N4O3S2. The van der Waals surface area contributed by atoms with Crippen LogP contribution in [0.25, 0.3) is 0 Å². The molecular weight excluding hydrogens is 456 g/mol. The Kier molecular flexibility index (Phi) is 7.60. The molecule has 2 fully saturated rings. The summed E-state index contributed by atoms with van der Waals surface area (Å²) < 4.78 is 34.0. The minimum atomic E-state index is -3.77. The van der Waals surface area contributed by atoms with E-state index in [1.807, 2.05) is 6.07 Å². The highest BCUT2D eigenvalue weighted by Gasteiger charge is 2.22. The van der Waals surface area contributed by atoms with Crippen LogP contribution >= 0.6 is 12.2 Å². The maximum absolute atomic E-state index is 13.1. The van der Waals surface area contributed by atoms with Gasteiger partial charge in [-0.15, -0.1) is 0 Å². The zero-order valence-corrected chi connectivity index (χ0v) is 20.6. The topological polar surface area (TPSA) is 82.7 Å². The van der Waals surface area contributed by atoms with Crippen LogP contribution in [-0.2, 0) is 10.0 Å². The lowest BCUT2D eigenvalue weighted by atomic mass is 9.96. The van der Waals surface area contributed by atoms with Gasteiger partial charge in [-0.2, -0.15) is 0 Å². The van der Waals surface area contributed by atoms with E-state index in [1.165, 1.54) is 19.3 Å². The van der Waals surface area contributed by atoms with Crippen molar-refractivity contribution in [3.8, 4) is 5.75 Å². The highest BCUT2D eigenvalue weighted by Crippen LogP contribution is 2.32. The Hall–Kier alpha value is -2.52. The summed E-state index contributed by atoms with van der Waals surface area (Å²) in [5.74, 6) is 0.665. The average molecular weight is 489 g/mol. The zero-order valence-electron chi connectivity index (χ0n) is 19.0. The monoisotopic (exact) mass is 488 g/mol. The number of benzene rings is 2. The van der Waals surface area contributed by atoms with E-state index in [0.29, 0.717) is 28.3 Å². The van der Waals surface area contributed by atoms with Crippen molar-refractivity contribution in [1.29, 1.82) is 0 Å². The third kappa shape index (κ3) is 6.09. The number of rotatable bonds is 7. The van der Waals surface area contributed by atoms with E-state index in [4.69, 9.17) is 17.0 Å². The fourth-order valence-corrected chi connectivity index (χ4v) is 5.84. The molecule has 2 aromatic rings. The van der Waals surface area contributed by atoms with Crippen LogP contribution in [0.4, 0.5) is 17.1 Å². The summed E-state index contributed by atoms with van der Waals surface area (Å²) in [7, 11) is -2.20. The smallest absolute Gasteiger partial charge is 0.261 e. The van der Waals surface area contributed by atoms with E-state index in [0.717, 1.165) is 44.5 Å². The predicted molar refractivity (Wildman–Crippen MR) is 138 cm³/mol. The standard InChI is InChI=1S/C24H32N4O3S2/c1-31-20-11-9-19(10-12-20)27-33(29,30)21-13-14-23(28-15-5-6-16-28)22(17-21)26-24(32)25-18-7-3-2-4-8-18/h9-14,17-18,27H,2-8,15-16H2,1H3,(H2,25,26,32). The highest BCUT2D eigenvalue weighted by molar-refractivity contribution is 7.92. The molecule has 33 heavy (non-hydrogen) atoms. The van der Waals surface area contributed by atoms with Gasteiger partial charge in [0, 0.05) is 24.8 Å². The van der Waals surface area contributed by atoms with Gasteiger partial charge in [0.05, 0.1) is 23.4 Å². The molecule has 7 nitrogen and oxygen atoms in total. The first kappa shape index (κ1) is 23.6. The van der Waals surface area contributed by atoms with Crippen molar-refractivity contribution in [2.45, 2.75) is 55.9 Å². The van der Waals surface area contributed by atoms with Crippen molar-refractivity contribution in [3.05, 3.63) is 42.5 Å². The normalized spacial score (nSPS) is 16.9. The van der Waals surface area contributed by atoms with Gasteiger partial charge in [0.1, 0.15) is 5.75 Å². The number of hydrogen-bond donors (Lipinski definition) is 3. The minimum absolute atomic E-state index is 0.184.